The van der Waals surface area contributed by atoms with Crippen LogP contribution in [-0.2, 0) is 39.4 Å². The van der Waals surface area contributed by atoms with Gasteiger partial charge < -0.3 is 31.1 Å². The molecule has 2 aliphatic heterocycles. The summed E-state index contributed by atoms with van der Waals surface area (Å²) in [7, 11) is -3.57. The van der Waals surface area contributed by atoms with E-state index in [1.165, 1.54) is 40.0 Å². The van der Waals surface area contributed by atoms with E-state index >= 15 is 0 Å². The minimum absolute atomic E-state index is 0.00809. The Morgan fingerprint density at radius 3 is 2.28 bits per heavy atom. The molecule has 17 heteroatoms. The zero-order chi connectivity index (χ0) is 38.7. The molecule has 2 unspecified atom stereocenters. The second-order valence-electron chi connectivity index (χ2n) is 15.3. The largest absolute Gasteiger partial charge is 0.384 e. The molecular formula is C36H51N7O9S. The lowest BCUT2D eigenvalue weighted by Crippen LogP contribution is -2.64. The van der Waals surface area contributed by atoms with Gasteiger partial charge in [-0.05, 0) is 64.3 Å². The number of rotatable bonds is 13. The van der Waals surface area contributed by atoms with E-state index in [0.717, 1.165) is 32.1 Å². The van der Waals surface area contributed by atoms with Crippen LogP contribution in [0.3, 0.4) is 0 Å². The van der Waals surface area contributed by atoms with Crippen LogP contribution in [0.2, 0.25) is 0 Å². The second-order valence-corrected chi connectivity index (χ2v) is 17.8. The smallest absolute Gasteiger partial charge is 0.287 e. The first-order valence-corrected chi connectivity index (χ1v) is 19.8. The van der Waals surface area contributed by atoms with Crippen LogP contribution in [0.25, 0.3) is 0 Å². The number of primary amides is 1. The van der Waals surface area contributed by atoms with Crippen molar-refractivity contribution in [2.24, 2.45) is 11.7 Å². The molecule has 1 aromatic heterocycles. The number of ether oxygens (including phenoxy) is 1. The van der Waals surface area contributed by atoms with Crippen molar-refractivity contribution < 1.29 is 42.2 Å². The summed E-state index contributed by atoms with van der Waals surface area (Å²) < 4.78 is 32.3. The lowest BCUT2D eigenvalue weighted by molar-refractivity contribution is -0.147. The highest BCUT2D eigenvalue weighted by Crippen LogP contribution is 2.34. The van der Waals surface area contributed by atoms with Gasteiger partial charge in [0.2, 0.25) is 17.6 Å². The number of aromatic nitrogens is 3. The number of hydrogen-bond donors (Lipinski definition) is 4. The summed E-state index contributed by atoms with van der Waals surface area (Å²) in [5.41, 5.74) is 2.94. The molecule has 3 atom stereocenters. The van der Waals surface area contributed by atoms with Crippen LogP contribution in [0.4, 0.5) is 0 Å². The Morgan fingerprint density at radius 2 is 1.70 bits per heavy atom. The number of benzene rings is 1. The Hall–Kier alpha value is -4.22. The molecule has 5 rings (SSSR count). The first-order chi connectivity index (χ1) is 24.9. The van der Waals surface area contributed by atoms with E-state index < -0.39 is 73.8 Å². The molecule has 53 heavy (non-hydrogen) atoms. The van der Waals surface area contributed by atoms with Gasteiger partial charge in [0.25, 0.3) is 11.8 Å². The summed E-state index contributed by atoms with van der Waals surface area (Å²) >= 11 is 0. The average molecular weight is 758 g/mol. The van der Waals surface area contributed by atoms with Crippen LogP contribution in [-0.4, -0.2) is 105 Å². The number of nitrogens with two attached hydrogens (primary N) is 1. The van der Waals surface area contributed by atoms with E-state index in [2.05, 4.69) is 20.9 Å². The Balaban J connectivity index is 1.48. The van der Waals surface area contributed by atoms with E-state index in [4.69, 9.17) is 10.5 Å². The van der Waals surface area contributed by atoms with Crippen molar-refractivity contribution in [2.75, 3.05) is 19.8 Å². The molecule has 4 amide bonds. The van der Waals surface area contributed by atoms with Gasteiger partial charge in [0, 0.05) is 44.6 Å². The Kier molecular flexibility index (Phi) is 12.1. The standard InChI is InChI=1S/C36H51N7O9S/c1-22(2)53(50,51)26-12-10-24(11-13-26)32(46)39-27(18-23-8-6-5-7-9-23)34(48)42-21-25(43-29(20-38-41-43)35(3,4)49)19-28(42)33(47)40-36(30(44)31(37)45)14-16-52-17-15-36/h10-13,20,22-23,25,27-28,49H,5-9,14-19,21H2,1-4H3,(H2,37,45)(H,39,46)(H,40,47)/t25?,27-,28?/m1/s1. The van der Waals surface area contributed by atoms with Gasteiger partial charge in [0.15, 0.2) is 9.84 Å². The van der Waals surface area contributed by atoms with Gasteiger partial charge in [-0.15, -0.1) is 5.10 Å². The van der Waals surface area contributed by atoms with Gasteiger partial charge in [-0.2, -0.15) is 0 Å². The van der Waals surface area contributed by atoms with Crippen molar-refractivity contribution in [1.82, 2.24) is 30.5 Å². The number of nitrogens with one attached hydrogen (secondary N) is 2. The number of sulfone groups is 1. The zero-order valence-electron chi connectivity index (χ0n) is 30.7. The molecule has 2 aromatic rings. The summed E-state index contributed by atoms with van der Waals surface area (Å²) in [5, 5.41) is 24.0. The Morgan fingerprint density at radius 1 is 1.06 bits per heavy atom. The fourth-order valence-corrected chi connectivity index (χ4v) is 8.67. The molecule has 1 aliphatic carbocycles. The lowest BCUT2D eigenvalue weighted by atomic mass is 9.84. The number of likely N-dealkylation sites (tertiary alicyclic amines) is 1. The molecule has 0 spiro atoms. The van der Waals surface area contributed by atoms with Crippen LogP contribution < -0.4 is 16.4 Å². The Bertz CT molecular complexity index is 1790. The SMILES string of the molecule is CC(C)S(=O)(=O)c1ccc(C(=O)N[C@H](CC2CCCCC2)C(=O)N2CC(n3nncc3C(C)(C)O)CC2C(=O)NC2(C(=O)C(N)=O)CCOCC2)cc1. The van der Waals surface area contributed by atoms with Crippen molar-refractivity contribution in [1.29, 1.82) is 0 Å². The molecule has 290 valence electrons. The quantitative estimate of drug-likeness (QED) is 0.213. The van der Waals surface area contributed by atoms with Crippen molar-refractivity contribution in [3.05, 3.63) is 41.7 Å². The monoisotopic (exact) mass is 757 g/mol. The van der Waals surface area contributed by atoms with Gasteiger partial charge in [0.05, 0.1) is 28.1 Å². The predicted molar refractivity (Wildman–Crippen MR) is 191 cm³/mol. The molecule has 2 saturated heterocycles. The zero-order valence-corrected chi connectivity index (χ0v) is 31.6. The van der Waals surface area contributed by atoms with Crippen LogP contribution in [0.5, 0.6) is 0 Å². The van der Waals surface area contributed by atoms with Gasteiger partial charge in [-0.1, -0.05) is 37.3 Å². The summed E-state index contributed by atoms with van der Waals surface area (Å²) in [5.74, 6) is -3.84. The molecule has 3 heterocycles. The normalized spacial score (nSPS) is 21.6. The number of aliphatic hydroxyl groups is 1. The third-order valence-electron chi connectivity index (χ3n) is 10.7. The van der Waals surface area contributed by atoms with Crippen molar-refractivity contribution in [3.8, 4) is 0 Å². The third-order valence-corrected chi connectivity index (χ3v) is 12.9. The number of Topliss-reactive ketones (excluding diaryl/α,β-unsaturated/α-hetero) is 1. The summed E-state index contributed by atoms with van der Waals surface area (Å²) in [6.07, 6.45) is 6.51. The fraction of sp³-hybridized carbons (Fsp3) is 0.639. The van der Waals surface area contributed by atoms with Gasteiger partial charge in [0.1, 0.15) is 23.2 Å². The molecule has 0 radical (unpaired) electrons. The van der Waals surface area contributed by atoms with Crippen molar-refractivity contribution in [2.45, 2.75) is 125 Å². The molecule has 1 aromatic carbocycles. The number of hydrogen-bond acceptors (Lipinski definition) is 11. The first-order valence-electron chi connectivity index (χ1n) is 18.3. The number of ketones is 1. The molecule has 16 nitrogen and oxygen atoms in total. The Labute approximate surface area is 309 Å². The van der Waals surface area contributed by atoms with E-state index in [9.17, 15) is 37.5 Å². The summed E-state index contributed by atoms with van der Waals surface area (Å²) in [6, 6.07) is 2.68. The van der Waals surface area contributed by atoms with Gasteiger partial charge >= 0.3 is 0 Å². The highest BCUT2D eigenvalue weighted by atomic mass is 32.2. The maximum Gasteiger partial charge on any atom is 0.287 e. The van der Waals surface area contributed by atoms with Crippen LogP contribution in [0, 0.1) is 5.92 Å². The van der Waals surface area contributed by atoms with Crippen LogP contribution in [0.15, 0.2) is 35.4 Å². The molecule has 5 N–H and O–H groups in total. The van der Waals surface area contributed by atoms with Crippen molar-refractivity contribution >= 4 is 39.2 Å². The fourth-order valence-electron chi connectivity index (χ4n) is 7.61. The number of carbonyl (C=O) groups excluding carboxylic acids is 5. The van der Waals surface area contributed by atoms with E-state index in [1.807, 2.05) is 0 Å². The predicted octanol–water partition coefficient (Wildman–Crippen LogP) is 1.32. The molecule has 1 saturated carbocycles. The second kappa shape index (κ2) is 16.0. The maximum absolute atomic E-state index is 14.8. The average Bonchev–Trinajstić information content (AvgIpc) is 3.80. The minimum Gasteiger partial charge on any atom is -0.384 e. The molecule has 3 aliphatic rings. The third kappa shape index (κ3) is 8.78. The summed E-state index contributed by atoms with van der Waals surface area (Å²) in [4.78, 5) is 69.5. The molecule has 3 fully saturated rings. The number of nitrogens with zero attached hydrogens (tertiary/aromatic N) is 4. The topological polar surface area (TPSA) is 233 Å². The summed E-state index contributed by atoms with van der Waals surface area (Å²) in [6.45, 7) is 6.43. The van der Waals surface area contributed by atoms with E-state index in [0.29, 0.717) is 12.1 Å². The van der Waals surface area contributed by atoms with Crippen LogP contribution >= 0.6 is 0 Å². The highest BCUT2D eigenvalue weighted by Gasteiger charge is 2.49. The van der Waals surface area contributed by atoms with E-state index in [1.54, 1.807) is 27.7 Å². The molecular weight excluding hydrogens is 707 g/mol. The minimum atomic E-state index is -3.57. The maximum atomic E-state index is 14.8. The van der Waals surface area contributed by atoms with E-state index in [-0.39, 0.29) is 55.4 Å². The highest BCUT2D eigenvalue weighted by molar-refractivity contribution is 7.92. The number of amides is 4. The first kappa shape index (κ1) is 40.0. The molecule has 0 bridgehead atoms. The van der Waals surface area contributed by atoms with Gasteiger partial charge in [-0.3, -0.25) is 24.0 Å². The van der Waals surface area contributed by atoms with Gasteiger partial charge in [-0.25, -0.2) is 13.1 Å². The van der Waals surface area contributed by atoms with Crippen molar-refractivity contribution in [3.63, 3.8) is 0 Å². The number of carbonyl (C=O) groups is 5. The lowest BCUT2D eigenvalue weighted by Gasteiger charge is -2.37. The van der Waals surface area contributed by atoms with Crippen LogP contribution in [0.1, 0.15) is 108 Å².